The van der Waals surface area contributed by atoms with Gasteiger partial charge in [-0.05, 0) is 30.5 Å². The molecule has 0 aliphatic heterocycles. The first-order valence-electron chi connectivity index (χ1n) is 6.01. The first kappa shape index (κ1) is 14.5. The third kappa shape index (κ3) is 4.60. The molecule has 2 aromatic rings. The van der Waals surface area contributed by atoms with Crippen molar-refractivity contribution in [3.63, 3.8) is 0 Å². The topological polar surface area (TPSA) is 21.3 Å². The van der Waals surface area contributed by atoms with Crippen molar-refractivity contribution >= 4 is 27.3 Å². The molecule has 19 heavy (non-hydrogen) atoms. The van der Waals surface area contributed by atoms with E-state index in [0.717, 1.165) is 0 Å². The molecule has 0 bridgehead atoms. The maximum absolute atomic E-state index is 13.1. The monoisotopic (exact) mass is 343 g/mol. The van der Waals surface area contributed by atoms with Crippen LogP contribution in [0.15, 0.2) is 40.2 Å². The predicted octanol–water partition coefficient (Wildman–Crippen LogP) is 4.38. The Kier molecular flexibility index (Phi) is 5.36. The van der Waals surface area contributed by atoms with Crippen LogP contribution in [0.1, 0.15) is 17.8 Å². The molecule has 2 nitrogen and oxygen atoms in total. The summed E-state index contributed by atoms with van der Waals surface area (Å²) >= 11 is 4.97. The molecule has 0 fully saturated rings. The molecule has 5 heteroatoms. The SMILES string of the molecule is CC(NCCOc1cc(F)cc(Br)c1)c1cccs1. The first-order valence-corrected chi connectivity index (χ1v) is 7.68. The zero-order valence-electron chi connectivity index (χ0n) is 10.5. The number of hydrogen-bond donors (Lipinski definition) is 1. The summed E-state index contributed by atoms with van der Waals surface area (Å²) in [6.45, 7) is 3.34. The third-order valence-electron chi connectivity index (χ3n) is 2.63. The Hall–Kier alpha value is -0.910. The fourth-order valence-electron chi connectivity index (χ4n) is 1.69. The van der Waals surface area contributed by atoms with Crippen LogP contribution in [0.25, 0.3) is 0 Å². The van der Waals surface area contributed by atoms with Crippen LogP contribution in [0.3, 0.4) is 0 Å². The van der Waals surface area contributed by atoms with Crippen molar-refractivity contribution in [2.45, 2.75) is 13.0 Å². The normalized spacial score (nSPS) is 12.4. The quantitative estimate of drug-likeness (QED) is 0.786. The summed E-state index contributed by atoms with van der Waals surface area (Å²) in [6.07, 6.45) is 0. The van der Waals surface area contributed by atoms with E-state index in [-0.39, 0.29) is 5.82 Å². The van der Waals surface area contributed by atoms with Gasteiger partial charge in [-0.25, -0.2) is 4.39 Å². The average Bonchev–Trinajstić information content (AvgIpc) is 2.87. The number of benzene rings is 1. The minimum Gasteiger partial charge on any atom is -0.492 e. The van der Waals surface area contributed by atoms with Crippen molar-refractivity contribution in [1.82, 2.24) is 5.32 Å². The van der Waals surface area contributed by atoms with Crippen LogP contribution < -0.4 is 10.1 Å². The molecular weight excluding hydrogens is 329 g/mol. The van der Waals surface area contributed by atoms with E-state index in [1.54, 1.807) is 17.4 Å². The van der Waals surface area contributed by atoms with E-state index in [0.29, 0.717) is 29.4 Å². The number of ether oxygens (including phenoxy) is 1. The molecule has 2 rings (SSSR count). The Morgan fingerprint density at radius 1 is 1.42 bits per heavy atom. The van der Waals surface area contributed by atoms with E-state index in [1.807, 2.05) is 6.07 Å². The largest absolute Gasteiger partial charge is 0.492 e. The Morgan fingerprint density at radius 3 is 2.95 bits per heavy atom. The molecule has 1 unspecified atom stereocenters. The molecule has 1 aromatic carbocycles. The zero-order chi connectivity index (χ0) is 13.7. The van der Waals surface area contributed by atoms with Gasteiger partial charge in [-0.1, -0.05) is 22.0 Å². The highest BCUT2D eigenvalue weighted by Crippen LogP contribution is 2.21. The van der Waals surface area contributed by atoms with Crippen LogP contribution in [0.2, 0.25) is 0 Å². The van der Waals surface area contributed by atoms with Crippen LogP contribution in [-0.2, 0) is 0 Å². The lowest BCUT2D eigenvalue weighted by Crippen LogP contribution is -2.23. The van der Waals surface area contributed by atoms with Gasteiger partial charge in [0.1, 0.15) is 18.2 Å². The first-order chi connectivity index (χ1) is 9.15. The molecular formula is C14H15BrFNOS. The lowest BCUT2D eigenvalue weighted by Gasteiger charge is -2.13. The summed E-state index contributed by atoms with van der Waals surface area (Å²) in [5, 5.41) is 5.43. The van der Waals surface area contributed by atoms with Gasteiger partial charge < -0.3 is 10.1 Å². The van der Waals surface area contributed by atoms with Gasteiger partial charge >= 0.3 is 0 Å². The molecule has 0 aliphatic rings. The van der Waals surface area contributed by atoms with Gasteiger partial charge in [0.2, 0.25) is 0 Å². The van der Waals surface area contributed by atoms with Crippen LogP contribution in [0, 0.1) is 5.82 Å². The summed E-state index contributed by atoms with van der Waals surface area (Å²) in [7, 11) is 0. The summed E-state index contributed by atoms with van der Waals surface area (Å²) in [5.74, 6) is 0.238. The highest BCUT2D eigenvalue weighted by molar-refractivity contribution is 9.10. The fraction of sp³-hybridized carbons (Fsp3) is 0.286. The highest BCUT2D eigenvalue weighted by Gasteiger charge is 2.05. The van der Waals surface area contributed by atoms with Crippen LogP contribution in [-0.4, -0.2) is 13.2 Å². The van der Waals surface area contributed by atoms with E-state index in [2.05, 4.69) is 39.6 Å². The maximum Gasteiger partial charge on any atom is 0.128 e. The molecule has 0 radical (unpaired) electrons. The van der Waals surface area contributed by atoms with Gasteiger partial charge in [0.05, 0.1) is 0 Å². The minimum absolute atomic E-state index is 0.302. The summed E-state index contributed by atoms with van der Waals surface area (Å²) in [4.78, 5) is 1.30. The van der Waals surface area contributed by atoms with Gasteiger partial charge in [-0.3, -0.25) is 0 Å². The second-order valence-electron chi connectivity index (χ2n) is 4.14. The summed E-state index contributed by atoms with van der Waals surface area (Å²) in [5.41, 5.74) is 0. The second kappa shape index (κ2) is 7.03. The Labute approximate surface area is 124 Å². The molecule has 0 amide bonds. The van der Waals surface area contributed by atoms with Crippen molar-refractivity contribution < 1.29 is 9.13 Å². The van der Waals surface area contributed by atoms with Gasteiger partial charge in [0.25, 0.3) is 0 Å². The number of hydrogen-bond acceptors (Lipinski definition) is 3. The van der Waals surface area contributed by atoms with Crippen molar-refractivity contribution in [3.8, 4) is 5.75 Å². The lowest BCUT2D eigenvalue weighted by atomic mass is 10.3. The molecule has 102 valence electrons. The van der Waals surface area contributed by atoms with Crippen molar-refractivity contribution in [3.05, 3.63) is 50.9 Å². The van der Waals surface area contributed by atoms with Crippen molar-refractivity contribution in [1.29, 1.82) is 0 Å². The lowest BCUT2D eigenvalue weighted by molar-refractivity contribution is 0.306. The number of nitrogens with one attached hydrogen (secondary N) is 1. The highest BCUT2D eigenvalue weighted by atomic mass is 79.9. The van der Waals surface area contributed by atoms with Crippen molar-refractivity contribution in [2.24, 2.45) is 0 Å². The van der Waals surface area contributed by atoms with E-state index in [4.69, 9.17) is 4.74 Å². The molecule has 1 N–H and O–H groups in total. The van der Waals surface area contributed by atoms with Crippen molar-refractivity contribution in [2.75, 3.05) is 13.2 Å². The summed E-state index contributed by atoms with van der Waals surface area (Å²) in [6, 6.07) is 9.00. The Morgan fingerprint density at radius 2 is 2.26 bits per heavy atom. The van der Waals surface area contributed by atoms with Gasteiger partial charge in [-0.2, -0.15) is 0 Å². The third-order valence-corrected chi connectivity index (χ3v) is 4.14. The van der Waals surface area contributed by atoms with E-state index in [1.165, 1.54) is 17.0 Å². The molecule has 0 aliphatic carbocycles. The molecule has 1 heterocycles. The van der Waals surface area contributed by atoms with E-state index >= 15 is 0 Å². The molecule has 0 spiro atoms. The van der Waals surface area contributed by atoms with Gasteiger partial charge in [-0.15, -0.1) is 11.3 Å². The van der Waals surface area contributed by atoms with Gasteiger partial charge in [0, 0.05) is 28.0 Å². The van der Waals surface area contributed by atoms with Crippen LogP contribution in [0.4, 0.5) is 4.39 Å². The second-order valence-corrected chi connectivity index (χ2v) is 6.04. The van der Waals surface area contributed by atoms with Crippen LogP contribution >= 0.6 is 27.3 Å². The van der Waals surface area contributed by atoms with E-state index < -0.39 is 0 Å². The number of rotatable bonds is 6. The summed E-state index contributed by atoms with van der Waals surface area (Å²) < 4.78 is 19.3. The minimum atomic E-state index is -0.302. The molecule has 0 saturated carbocycles. The average molecular weight is 344 g/mol. The van der Waals surface area contributed by atoms with E-state index in [9.17, 15) is 4.39 Å². The fourth-order valence-corrected chi connectivity index (χ4v) is 2.90. The standard InChI is InChI=1S/C14H15BrFNOS/c1-10(14-3-2-6-19-14)17-4-5-18-13-8-11(15)7-12(16)9-13/h2-3,6-10,17H,4-5H2,1H3. The molecule has 1 aromatic heterocycles. The Bertz CT molecular complexity index is 498. The zero-order valence-corrected chi connectivity index (χ0v) is 12.9. The maximum atomic E-state index is 13.1. The van der Waals surface area contributed by atoms with Crippen LogP contribution in [0.5, 0.6) is 5.75 Å². The number of halogens is 2. The predicted molar refractivity (Wildman–Crippen MR) is 80.3 cm³/mol. The Balaban J connectivity index is 1.75. The molecule has 1 atom stereocenters. The number of thiophene rings is 1. The smallest absolute Gasteiger partial charge is 0.128 e. The van der Waals surface area contributed by atoms with Gasteiger partial charge in [0.15, 0.2) is 0 Å². The molecule has 0 saturated heterocycles.